The van der Waals surface area contributed by atoms with E-state index < -0.39 is 39.0 Å². The van der Waals surface area contributed by atoms with Gasteiger partial charge in [-0.3, -0.25) is 29.8 Å². The average Bonchev–Trinajstić information content (AvgIpc) is 2.53. The number of nitrogens with zero attached hydrogens (tertiary/aromatic N) is 3. The van der Waals surface area contributed by atoms with Gasteiger partial charge in [0.05, 0.1) is 21.8 Å². The molecule has 1 N–H and O–H groups in total. The SMILES string of the molecule is O=C(O)C1CCN(C(=O)c2ccc([N+](=O)[O-])cc2[N+](=O)[O-])CC1. The van der Waals surface area contributed by atoms with Crippen LogP contribution in [0.25, 0.3) is 0 Å². The van der Waals surface area contributed by atoms with Crippen molar-refractivity contribution in [2.45, 2.75) is 12.8 Å². The molecule has 0 spiro atoms. The van der Waals surface area contributed by atoms with Crippen molar-refractivity contribution in [2.24, 2.45) is 5.92 Å². The summed E-state index contributed by atoms with van der Waals surface area (Å²) in [7, 11) is 0. The Morgan fingerprint density at radius 3 is 2.22 bits per heavy atom. The number of carboxylic acids is 1. The molecule has 1 aromatic rings. The fourth-order valence-electron chi connectivity index (χ4n) is 2.47. The fourth-order valence-corrected chi connectivity index (χ4v) is 2.47. The molecule has 0 saturated carbocycles. The van der Waals surface area contributed by atoms with Crippen molar-refractivity contribution in [2.75, 3.05) is 13.1 Å². The maximum absolute atomic E-state index is 12.4. The van der Waals surface area contributed by atoms with E-state index in [0.717, 1.165) is 18.2 Å². The third-order valence-corrected chi connectivity index (χ3v) is 3.75. The van der Waals surface area contributed by atoms with Crippen LogP contribution in [0.3, 0.4) is 0 Å². The molecule has 10 nitrogen and oxygen atoms in total. The highest BCUT2D eigenvalue weighted by atomic mass is 16.6. The first-order chi connectivity index (χ1) is 10.8. The van der Waals surface area contributed by atoms with Crippen LogP contribution >= 0.6 is 0 Å². The van der Waals surface area contributed by atoms with Crippen molar-refractivity contribution in [3.8, 4) is 0 Å². The highest BCUT2D eigenvalue weighted by Crippen LogP contribution is 2.27. The second kappa shape index (κ2) is 6.38. The zero-order chi connectivity index (χ0) is 17.1. The predicted molar refractivity (Wildman–Crippen MR) is 76.0 cm³/mol. The molecule has 0 radical (unpaired) electrons. The number of amides is 1. The van der Waals surface area contributed by atoms with E-state index in [1.807, 2.05) is 0 Å². The summed E-state index contributed by atoms with van der Waals surface area (Å²) < 4.78 is 0. The largest absolute Gasteiger partial charge is 0.481 e. The minimum Gasteiger partial charge on any atom is -0.481 e. The summed E-state index contributed by atoms with van der Waals surface area (Å²) in [5, 5.41) is 30.7. The quantitative estimate of drug-likeness (QED) is 0.652. The van der Waals surface area contributed by atoms with E-state index in [1.54, 1.807) is 0 Å². The van der Waals surface area contributed by atoms with Crippen LogP contribution in [0.15, 0.2) is 18.2 Å². The van der Waals surface area contributed by atoms with E-state index in [1.165, 1.54) is 4.90 Å². The molecule has 10 heteroatoms. The summed E-state index contributed by atoms with van der Waals surface area (Å²) in [6, 6.07) is 2.84. The normalized spacial score (nSPS) is 15.2. The van der Waals surface area contributed by atoms with Gasteiger partial charge in [-0.25, -0.2) is 0 Å². The van der Waals surface area contributed by atoms with Gasteiger partial charge in [-0.1, -0.05) is 0 Å². The third kappa shape index (κ3) is 3.42. The zero-order valence-corrected chi connectivity index (χ0v) is 11.9. The molecule has 0 atom stereocenters. The van der Waals surface area contributed by atoms with Crippen LogP contribution in [0, 0.1) is 26.1 Å². The van der Waals surface area contributed by atoms with Crippen LogP contribution in [-0.2, 0) is 4.79 Å². The van der Waals surface area contributed by atoms with Gasteiger partial charge in [-0.05, 0) is 18.9 Å². The van der Waals surface area contributed by atoms with Crippen molar-refractivity contribution < 1.29 is 24.5 Å². The first-order valence-corrected chi connectivity index (χ1v) is 6.76. The molecule has 2 rings (SSSR count). The number of nitro groups is 2. The number of likely N-dealkylation sites (tertiary alicyclic amines) is 1. The molecule has 122 valence electrons. The number of carbonyl (C=O) groups is 2. The third-order valence-electron chi connectivity index (χ3n) is 3.75. The highest BCUT2D eigenvalue weighted by molar-refractivity contribution is 5.98. The van der Waals surface area contributed by atoms with Gasteiger partial charge in [0.1, 0.15) is 5.56 Å². The Bertz CT molecular complexity index is 680. The Balaban J connectivity index is 2.24. The number of aliphatic carboxylic acids is 1. The molecule has 0 bridgehead atoms. The predicted octanol–water partition coefficient (Wildman–Crippen LogP) is 1.44. The molecule has 1 aliphatic rings. The van der Waals surface area contributed by atoms with Crippen LogP contribution in [0.4, 0.5) is 11.4 Å². The van der Waals surface area contributed by atoms with E-state index in [9.17, 15) is 29.8 Å². The van der Waals surface area contributed by atoms with Crippen molar-refractivity contribution in [3.63, 3.8) is 0 Å². The second-order valence-electron chi connectivity index (χ2n) is 5.12. The molecule has 23 heavy (non-hydrogen) atoms. The molecule has 1 aromatic carbocycles. The number of carbonyl (C=O) groups excluding carboxylic acids is 1. The molecular formula is C13H13N3O7. The lowest BCUT2D eigenvalue weighted by Gasteiger charge is -2.30. The summed E-state index contributed by atoms with van der Waals surface area (Å²) in [6.45, 7) is 0.341. The number of non-ortho nitro benzene ring substituents is 1. The fraction of sp³-hybridized carbons (Fsp3) is 0.385. The summed E-state index contributed by atoms with van der Waals surface area (Å²) in [6.07, 6.45) is 0.531. The van der Waals surface area contributed by atoms with Crippen molar-refractivity contribution in [1.29, 1.82) is 0 Å². The number of carboxylic acid groups (broad SMARTS) is 1. The van der Waals surface area contributed by atoms with E-state index in [0.29, 0.717) is 0 Å². The zero-order valence-electron chi connectivity index (χ0n) is 11.9. The van der Waals surface area contributed by atoms with Crippen LogP contribution in [0.2, 0.25) is 0 Å². The number of hydrogen-bond acceptors (Lipinski definition) is 6. The van der Waals surface area contributed by atoms with Gasteiger partial charge in [-0.15, -0.1) is 0 Å². The van der Waals surface area contributed by atoms with E-state index >= 15 is 0 Å². The molecule has 1 aliphatic heterocycles. The second-order valence-corrected chi connectivity index (χ2v) is 5.12. The molecule has 1 heterocycles. The number of rotatable bonds is 4. The van der Waals surface area contributed by atoms with Gasteiger partial charge in [0, 0.05) is 19.2 Å². The molecular weight excluding hydrogens is 310 g/mol. The number of hydrogen-bond donors (Lipinski definition) is 1. The lowest BCUT2D eigenvalue weighted by atomic mass is 9.96. The van der Waals surface area contributed by atoms with E-state index in [4.69, 9.17) is 5.11 Å². The highest BCUT2D eigenvalue weighted by Gasteiger charge is 2.31. The van der Waals surface area contributed by atoms with Crippen LogP contribution in [0.1, 0.15) is 23.2 Å². The van der Waals surface area contributed by atoms with Gasteiger partial charge in [-0.2, -0.15) is 0 Å². The topological polar surface area (TPSA) is 144 Å². The average molecular weight is 323 g/mol. The first kappa shape index (κ1) is 16.3. The standard InChI is InChI=1S/C13H13N3O7/c17-12(14-5-3-8(4-6-14)13(18)19)10-2-1-9(15(20)21)7-11(10)16(22)23/h1-2,7-8H,3-6H2,(H,18,19). The maximum Gasteiger partial charge on any atom is 0.306 e. The van der Waals surface area contributed by atoms with Gasteiger partial charge in [0.15, 0.2) is 0 Å². The first-order valence-electron chi connectivity index (χ1n) is 6.76. The molecule has 1 amide bonds. The molecule has 0 unspecified atom stereocenters. The van der Waals surface area contributed by atoms with Gasteiger partial charge in [0.25, 0.3) is 17.3 Å². The summed E-state index contributed by atoms with van der Waals surface area (Å²) in [5.41, 5.74) is -1.35. The van der Waals surface area contributed by atoms with Crippen molar-refractivity contribution in [1.82, 2.24) is 4.90 Å². The monoisotopic (exact) mass is 323 g/mol. The van der Waals surface area contributed by atoms with E-state index in [2.05, 4.69) is 0 Å². The Hall–Kier alpha value is -3.04. The molecule has 1 fully saturated rings. The Labute approximate surface area is 129 Å². The lowest BCUT2D eigenvalue weighted by Crippen LogP contribution is -2.40. The van der Waals surface area contributed by atoms with Crippen molar-refractivity contribution in [3.05, 3.63) is 44.0 Å². The molecule has 0 aromatic heterocycles. The van der Waals surface area contributed by atoms with Crippen molar-refractivity contribution >= 4 is 23.3 Å². The smallest absolute Gasteiger partial charge is 0.306 e. The van der Waals surface area contributed by atoms with Gasteiger partial charge < -0.3 is 10.0 Å². The Kier molecular flexibility index (Phi) is 4.53. The van der Waals surface area contributed by atoms with E-state index in [-0.39, 0.29) is 31.5 Å². The maximum atomic E-state index is 12.4. The van der Waals surface area contributed by atoms with Crippen LogP contribution < -0.4 is 0 Å². The minimum absolute atomic E-state index is 0.171. The van der Waals surface area contributed by atoms with Gasteiger partial charge >= 0.3 is 5.97 Å². The molecule has 0 aliphatic carbocycles. The number of benzene rings is 1. The van der Waals surface area contributed by atoms with Crippen LogP contribution in [0.5, 0.6) is 0 Å². The number of nitro benzene ring substituents is 2. The van der Waals surface area contributed by atoms with Gasteiger partial charge in [0.2, 0.25) is 0 Å². The van der Waals surface area contributed by atoms with Crippen LogP contribution in [-0.4, -0.2) is 44.8 Å². The Morgan fingerprint density at radius 1 is 1.13 bits per heavy atom. The Morgan fingerprint density at radius 2 is 1.74 bits per heavy atom. The summed E-state index contributed by atoms with van der Waals surface area (Å²) in [4.78, 5) is 44.7. The summed E-state index contributed by atoms with van der Waals surface area (Å²) >= 11 is 0. The molecule has 1 saturated heterocycles. The minimum atomic E-state index is -0.932. The summed E-state index contributed by atoms with van der Waals surface area (Å²) in [5.74, 6) is -2.10. The number of piperidine rings is 1. The lowest BCUT2D eigenvalue weighted by molar-refractivity contribution is -0.394.